The maximum atomic E-state index is 11.4. The van der Waals surface area contributed by atoms with Crippen molar-refractivity contribution in [2.75, 3.05) is 12.8 Å². The number of non-ortho nitro benzene ring substituents is 1. The molecule has 0 bridgehead atoms. The van der Waals surface area contributed by atoms with E-state index in [0.29, 0.717) is 17.3 Å². The molecule has 8 heteroatoms. The Labute approximate surface area is 137 Å². The molecular formula is C15H16N4O3S. The molecule has 0 saturated carbocycles. The summed E-state index contributed by atoms with van der Waals surface area (Å²) < 4.78 is 1.87. The summed E-state index contributed by atoms with van der Waals surface area (Å²) in [7, 11) is 1.58. The van der Waals surface area contributed by atoms with Crippen molar-refractivity contribution >= 4 is 23.4 Å². The molecule has 2 rings (SSSR count). The van der Waals surface area contributed by atoms with Gasteiger partial charge in [0, 0.05) is 31.3 Å². The van der Waals surface area contributed by atoms with Gasteiger partial charge in [0.25, 0.3) is 5.69 Å². The van der Waals surface area contributed by atoms with E-state index in [-0.39, 0.29) is 17.3 Å². The summed E-state index contributed by atoms with van der Waals surface area (Å²) in [5.74, 6) is 0.152. The van der Waals surface area contributed by atoms with E-state index in [1.165, 1.54) is 23.9 Å². The zero-order chi connectivity index (χ0) is 16.8. The number of imidazole rings is 1. The van der Waals surface area contributed by atoms with Crippen LogP contribution in [-0.4, -0.2) is 33.2 Å². The first kappa shape index (κ1) is 16.8. The van der Waals surface area contributed by atoms with Crippen LogP contribution in [0, 0.1) is 10.1 Å². The number of nitrogens with one attached hydrogen (secondary N) is 1. The maximum absolute atomic E-state index is 11.4. The standard InChI is InChI=1S/C15H16N4O3S/c1-3-7-18-13(9-17-15(18)23-10-14(20)16-2)11-5-4-6-12(8-11)19(21)22/h3-6,8-9H,1,7,10H2,2H3,(H,16,20). The Hall–Kier alpha value is -2.61. The molecule has 1 amide bonds. The number of hydrogen-bond acceptors (Lipinski definition) is 5. The van der Waals surface area contributed by atoms with Crippen molar-refractivity contribution in [3.05, 3.63) is 53.2 Å². The van der Waals surface area contributed by atoms with Gasteiger partial charge in [-0.15, -0.1) is 6.58 Å². The average Bonchev–Trinajstić information content (AvgIpc) is 2.96. The molecule has 1 aromatic carbocycles. The van der Waals surface area contributed by atoms with E-state index in [4.69, 9.17) is 0 Å². The number of thioether (sulfide) groups is 1. The predicted molar refractivity (Wildman–Crippen MR) is 89.3 cm³/mol. The number of allylic oxidation sites excluding steroid dienone is 1. The second kappa shape index (κ2) is 7.59. The van der Waals surface area contributed by atoms with Gasteiger partial charge in [-0.05, 0) is 0 Å². The third kappa shape index (κ3) is 3.98. The van der Waals surface area contributed by atoms with E-state index in [9.17, 15) is 14.9 Å². The number of hydrogen-bond donors (Lipinski definition) is 1. The lowest BCUT2D eigenvalue weighted by Crippen LogP contribution is -2.20. The quantitative estimate of drug-likeness (QED) is 0.364. The lowest BCUT2D eigenvalue weighted by Gasteiger charge is -2.09. The van der Waals surface area contributed by atoms with Crippen LogP contribution in [0.4, 0.5) is 5.69 Å². The number of amides is 1. The maximum Gasteiger partial charge on any atom is 0.270 e. The summed E-state index contributed by atoms with van der Waals surface area (Å²) >= 11 is 1.30. The van der Waals surface area contributed by atoms with Gasteiger partial charge in [0.05, 0.1) is 22.6 Å². The minimum atomic E-state index is -0.432. The van der Waals surface area contributed by atoms with Crippen LogP contribution in [0.25, 0.3) is 11.3 Å². The summed E-state index contributed by atoms with van der Waals surface area (Å²) in [5.41, 5.74) is 1.46. The second-order valence-electron chi connectivity index (χ2n) is 4.59. The zero-order valence-corrected chi connectivity index (χ0v) is 13.4. The third-order valence-electron chi connectivity index (χ3n) is 3.09. The fraction of sp³-hybridized carbons (Fsp3) is 0.200. The van der Waals surface area contributed by atoms with E-state index in [1.54, 1.807) is 31.5 Å². The van der Waals surface area contributed by atoms with Crippen LogP contribution in [0.1, 0.15) is 0 Å². The summed E-state index contributed by atoms with van der Waals surface area (Å²) in [6.45, 7) is 4.22. The lowest BCUT2D eigenvalue weighted by atomic mass is 10.1. The molecule has 0 aliphatic rings. The van der Waals surface area contributed by atoms with Gasteiger partial charge in [-0.25, -0.2) is 4.98 Å². The van der Waals surface area contributed by atoms with E-state index >= 15 is 0 Å². The molecular weight excluding hydrogens is 316 g/mol. The number of benzene rings is 1. The van der Waals surface area contributed by atoms with Gasteiger partial charge in [0.1, 0.15) is 0 Å². The first-order valence-corrected chi connectivity index (χ1v) is 7.80. The minimum Gasteiger partial charge on any atom is -0.358 e. The van der Waals surface area contributed by atoms with Crippen LogP contribution in [0.15, 0.2) is 48.3 Å². The van der Waals surface area contributed by atoms with Crippen molar-refractivity contribution in [2.45, 2.75) is 11.7 Å². The van der Waals surface area contributed by atoms with Crippen molar-refractivity contribution in [2.24, 2.45) is 0 Å². The van der Waals surface area contributed by atoms with Crippen LogP contribution in [0.3, 0.4) is 0 Å². The van der Waals surface area contributed by atoms with Crippen molar-refractivity contribution in [3.8, 4) is 11.3 Å². The van der Waals surface area contributed by atoms with Gasteiger partial charge >= 0.3 is 0 Å². The lowest BCUT2D eigenvalue weighted by molar-refractivity contribution is -0.384. The van der Waals surface area contributed by atoms with Gasteiger partial charge < -0.3 is 9.88 Å². The van der Waals surface area contributed by atoms with Crippen LogP contribution < -0.4 is 5.32 Å². The second-order valence-corrected chi connectivity index (χ2v) is 5.54. The van der Waals surface area contributed by atoms with Gasteiger partial charge in [0.2, 0.25) is 5.91 Å². The normalized spacial score (nSPS) is 10.3. The highest BCUT2D eigenvalue weighted by molar-refractivity contribution is 7.99. The Morgan fingerprint density at radius 3 is 3.00 bits per heavy atom. The Balaban J connectivity index is 2.36. The molecule has 0 aliphatic carbocycles. The Bertz CT molecular complexity index is 742. The SMILES string of the molecule is C=CCn1c(-c2cccc([N+](=O)[O-])c2)cnc1SCC(=O)NC. The van der Waals surface area contributed by atoms with Crippen molar-refractivity contribution in [3.63, 3.8) is 0 Å². The predicted octanol–water partition coefficient (Wildman–Crippen LogP) is 2.48. The van der Waals surface area contributed by atoms with Gasteiger partial charge in [0.15, 0.2) is 5.16 Å². The number of carbonyl (C=O) groups excluding carboxylic acids is 1. The van der Waals surface area contributed by atoms with Crippen LogP contribution >= 0.6 is 11.8 Å². The van der Waals surface area contributed by atoms with Crippen molar-refractivity contribution < 1.29 is 9.72 Å². The Kier molecular flexibility index (Phi) is 5.53. The van der Waals surface area contributed by atoms with E-state index in [2.05, 4.69) is 16.9 Å². The molecule has 0 atom stereocenters. The molecule has 0 saturated heterocycles. The molecule has 0 spiro atoms. The minimum absolute atomic E-state index is 0.0217. The number of aromatic nitrogens is 2. The fourth-order valence-electron chi connectivity index (χ4n) is 1.99. The number of nitrogens with zero attached hydrogens (tertiary/aromatic N) is 3. The first-order valence-electron chi connectivity index (χ1n) is 6.81. The molecule has 0 aliphatic heterocycles. The van der Waals surface area contributed by atoms with Gasteiger partial charge in [-0.3, -0.25) is 14.9 Å². The van der Waals surface area contributed by atoms with Crippen molar-refractivity contribution in [1.29, 1.82) is 0 Å². The molecule has 0 radical (unpaired) electrons. The van der Waals surface area contributed by atoms with Gasteiger partial charge in [-0.2, -0.15) is 0 Å². The van der Waals surface area contributed by atoms with Crippen LogP contribution in [0.2, 0.25) is 0 Å². The third-order valence-corrected chi connectivity index (χ3v) is 4.09. The highest BCUT2D eigenvalue weighted by atomic mass is 32.2. The molecule has 0 fully saturated rings. The Morgan fingerprint density at radius 1 is 1.57 bits per heavy atom. The zero-order valence-electron chi connectivity index (χ0n) is 12.6. The smallest absolute Gasteiger partial charge is 0.270 e. The summed E-state index contributed by atoms with van der Waals surface area (Å²) in [6.07, 6.45) is 3.36. The molecule has 7 nitrogen and oxygen atoms in total. The molecule has 0 unspecified atom stereocenters. The molecule has 1 aromatic heterocycles. The summed E-state index contributed by atoms with van der Waals surface area (Å²) in [6, 6.07) is 6.37. The Morgan fingerprint density at radius 2 is 2.35 bits per heavy atom. The first-order chi connectivity index (χ1) is 11.1. The number of rotatable bonds is 7. The fourth-order valence-corrected chi connectivity index (χ4v) is 2.85. The van der Waals surface area contributed by atoms with Crippen LogP contribution in [0.5, 0.6) is 0 Å². The van der Waals surface area contributed by atoms with E-state index < -0.39 is 4.92 Å². The van der Waals surface area contributed by atoms with Crippen molar-refractivity contribution in [1.82, 2.24) is 14.9 Å². The highest BCUT2D eigenvalue weighted by Gasteiger charge is 2.15. The highest BCUT2D eigenvalue weighted by Crippen LogP contribution is 2.28. The number of nitro groups is 1. The molecule has 1 N–H and O–H groups in total. The monoisotopic (exact) mass is 332 g/mol. The van der Waals surface area contributed by atoms with E-state index in [1.807, 2.05) is 4.57 Å². The largest absolute Gasteiger partial charge is 0.358 e. The molecule has 23 heavy (non-hydrogen) atoms. The average molecular weight is 332 g/mol. The topological polar surface area (TPSA) is 90.1 Å². The molecule has 1 heterocycles. The van der Waals surface area contributed by atoms with Gasteiger partial charge in [-0.1, -0.05) is 30.0 Å². The summed E-state index contributed by atoms with van der Waals surface area (Å²) in [5, 5.41) is 14.1. The van der Waals surface area contributed by atoms with Crippen LogP contribution in [-0.2, 0) is 11.3 Å². The van der Waals surface area contributed by atoms with E-state index in [0.717, 1.165) is 5.69 Å². The number of carbonyl (C=O) groups is 1. The molecule has 120 valence electrons. The summed E-state index contributed by atoms with van der Waals surface area (Å²) in [4.78, 5) is 26.2. The molecule has 2 aromatic rings. The number of nitro benzene ring substituents is 1.